The van der Waals surface area contributed by atoms with Gasteiger partial charge in [0.15, 0.2) is 6.61 Å². The van der Waals surface area contributed by atoms with Crippen LogP contribution in [0.2, 0.25) is 0 Å². The van der Waals surface area contributed by atoms with Crippen LogP contribution in [-0.2, 0) is 22.6 Å². The van der Waals surface area contributed by atoms with Crippen LogP contribution in [0.5, 0.6) is 5.75 Å². The predicted octanol–water partition coefficient (Wildman–Crippen LogP) is 5.14. The molecule has 6 heteroatoms. The third-order valence-corrected chi connectivity index (χ3v) is 6.03. The SMILES string of the molecule is Cc1cccc(CN(C(=O)COc2ccc(I)cc2)[C@@H](Cc2ccccc2)C(=O)NC(C)C)c1. The number of nitrogens with zero attached hydrogens (tertiary/aromatic N) is 1. The van der Waals surface area contributed by atoms with Gasteiger partial charge in [-0.2, -0.15) is 0 Å². The van der Waals surface area contributed by atoms with E-state index >= 15 is 0 Å². The standard InChI is InChI=1S/C28H31IN2O3/c1-20(2)30-28(33)26(17-22-9-5-4-6-10-22)31(18-23-11-7-8-21(3)16-23)27(32)19-34-25-14-12-24(29)13-15-25/h4-16,20,26H,17-19H2,1-3H3,(H,30,33)/t26-/m0/s1. The summed E-state index contributed by atoms with van der Waals surface area (Å²) in [6.07, 6.45) is 0.417. The minimum absolute atomic E-state index is 0.0373. The summed E-state index contributed by atoms with van der Waals surface area (Å²) in [5.41, 5.74) is 3.07. The molecule has 0 heterocycles. The Morgan fingerprint density at radius 3 is 2.26 bits per heavy atom. The summed E-state index contributed by atoms with van der Waals surface area (Å²) < 4.78 is 6.89. The van der Waals surface area contributed by atoms with Crippen LogP contribution < -0.4 is 10.1 Å². The molecule has 0 bridgehead atoms. The van der Waals surface area contributed by atoms with Gasteiger partial charge in [-0.05, 0) is 78.8 Å². The molecule has 0 saturated carbocycles. The van der Waals surface area contributed by atoms with Crippen LogP contribution >= 0.6 is 22.6 Å². The van der Waals surface area contributed by atoms with Crippen LogP contribution in [0.3, 0.4) is 0 Å². The molecule has 1 N–H and O–H groups in total. The highest BCUT2D eigenvalue weighted by molar-refractivity contribution is 14.1. The van der Waals surface area contributed by atoms with Gasteiger partial charge in [0.05, 0.1) is 0 Å². The third kappa shape index (κ3) is 7.87. The Balaban J connectivity index is 1.90. The number of hydrogen-bond donors (Lipinski definition) is 1. The number of nitrogens with one attached hydrogen (secondary N) is 1. The van der Waals surface area contributed by atoms with Gasteiger partial charge in [0.1, 0.15) is 11.8 Å². The van der Waals surface area contributed by atoms with Gasteiger partial charge in [-0.15, -0.1) is 0 Å². The van der Waals surface area contributed by atoms with E-state index in [1.54, 1.807) is 4.90 Å². The molecule has 3 aromatic rings. The van der Waals surface area contributed by atoms with E-state index in [0.717, 1.165) is 20.3 Å². The second kappa shape index (κ2) is 12.6. The quantitative estimate of drug-likeness (QED) is 0.344. The van der Waals surface area contributed by atoms with Gasteiger partial charge in [0.25, 0.3) is 5.91 Å². The third-order valence-electron chi connectivity index (χ3n) is 5.31. The normalized spacial score (nSPS) is 11.7. The molecule has 178 valence electrons. The molecule has 2 amide bonds. The first-order valence-electron chi connectivity index (χ1n) is 11.4. The van der Waals surface area contributed by atoms with Crippen LogP contribution in [0.15, 0.2) is 78.9 Å². The number of carbonyl (C=O) groups excluding carboxylic acids is 2. The van der Waals surface area contributed by atoms with Crippen molar-refractivity contribution in [3.05, 3.63) is 99.1 Å². The molecule has 0 unspecified atom stereocenters. The summed E-state index contributed by atoms with van der Waals surface area (Å²) in [5, 5.41) is 3.00. The monoisotopic (exact) mass is 570 g/mol. The summed E-state index contributed by atoms with van der Waals surface area (Å²) in [5.74, 6) is 0.213. The highest BCUT2D eigenvalue weighted by Crippen LogP contribution is 2.18. The van der Waals surface area contributed by atoms with E-state index in [1.807, 2.05) is 99.6 Å². The number of aryl methyl sites for hydroxylation is 1. The molecule has 0 aliphatic heterocycles. The first-order valence-corrected chi connectivity index (χ1v) is 12.5. The van der Waals surface area contributed by atoms with E-state index in [4.69, 9.17) is 4.74 Å². The summed E-state index contributed by atoms with van der Waals surface area (Å²) >= 11 is 2.22. The molecule has 0 fully saturated rings. The molecule has 0 radical (unpaired) electrons. The Kier molecular flexibility index (Phi) is 9.51. The lowest BCUT2D eigenvalue weighted by Gasteiger charge is -2.32. The van der Waals surface area contributed by atoms with Gasteiger partial charge in [0.2, 0.25) is 5.91 Å². The van der Waals surface area contributed by atoms with Crippen LogP contribution in [0.25, 0.3) is 0 Å². The lowest BCUT2D eigenvalue weighted by molar-refractivity contribution is -0.143. The van der Waals surface area contributed by atoms with Crippen molar-refractivity contribution >= 4 is 34.4 Å². The first kappa shape index (κ1) is 25.7. The largest absolute Gasteiger partial charge is 0.484 e. The Labute approximate surface area is 215 Å². The maximum atomic E-state index is 13.5. The average Bonchev–Trinajstić information content (AvgIpc) is 2.81. The van der Waals surface area contributed by atoms with E-state index < -0.39 is 6.04 Å². The fraction of sp³-hybridized carbons (Fsp3) is 0.286. The fourth-order valence-electron chi connectivity index (χ4n) is 3.70. The second-order valence-electron chi connectivity index (χ2n) is 8.62. The van der Waals surface area contributed by atoms with Gasteiger partial charge < -0.3 is 15.0 Å². The highest BCUT2D eigenvalue weighted by atomic mass is 127. The zero-order valence-corrected chi connectivity index (χ0v) is 22.0. The van der Waals surface area contributed by atoms with Crippen molar-refractivity contribution < 1.29 is 14.3 Å². The van der Waals surface area contributed by atoms with Gasteiger partial charge in [-0.1, -0.05) is 60.2 Å². The molecule has 1 atom stereocenters. The van der Waals surface area contributed by atoms with Crippen LogP contribution in [-0.4, -0.2) is 35.4 Å². The average molecular weight is 570 g/mol. The Morgan fingerprint density at radius 2 is 1.62 bits per heavy atom. The first-order chi connectivity index (χ1) is 16.3. The van der Waals surface area contributed by atoms with Crippen LogP contribution in [0.4, 0.5) is 0 Å². The number of amides is 2. The smallest absolute Gasteiger partial charge is 0.261 e. The molecule has 0 aromatic heterocycles. The predicted molar refractivity (Wildman–Crippen MR) is 144 cm³/mol. The van der Waals surface area contributed by atoms with Crippen molar-refractivity contribution in [2.75, 3.05) is 6.61 Å². The topological polar surface area (TPSA) is 58.6 Å². The van der Waals surface area contributed by atoms with Gasteiger partial charge in [-0.3, -0.25) is 9.59 Å². The van der Waals surface area contributed by atoms with Gasteiger partial charge in [0, 0.05) is 22.6 Å². The van der Waals surface area contributed by atoms with Crippen LogP contribution in [0.1, 0.15) is 30.5 Å². The lowest BCUT2D eigenvalue weighted by atomic mass is 10.0. The highest BCUT2D eigenvalue weighted by Gasteiger charge is 2.31. The molecular weight excluding hydrogens is 539 g/mol. The minimum Gasteiger partial charge on any atom is -0.484 e. The van der Waals surface area contributed by atoms with Crippen molar-refractivity contribution in [2.45, 2.75) is 45.8 Å². The van der Waals surface area contributed by atoms with E-state index in [1.165, 1.54) is 0 Å². The Hall–Kier alpha value is -2.87. The van der Waals surface area contributed by atoms with Crippen LogP contribution in [0, 0.1) is 10.5 Å². The molecule has 0 aliphatic carbocycles. The Bertz CT molecular complexity index is 1080. The number of halogens is 1. The number of ether oxygens (including phenoxy) is 1. The molecule has 34 heavy (non-hydrogen) atoms. The van der Waals surface area contributed by atoms with Gasteiger partial charge >= 0.3 is 0 Å². The Morgan fingerprint density at radius 1 is 0.941 bits per heavy atom. The van der Waals surface area contributed by atoms with Crippen molar-refractivity contribution in [3.63, 3.8) is 0 Å². The molecule has 0 saturated heterocycles. The number of benzene rings is 3. The van der Waals surface area contributed by atoms with Crippen molar-refractivity contribution in [1.82, 2.24) is 10.2 Å². The minimum atomic E-state index is -0.668. The molecule has 5 nitrogen and oxygen atoms in total. The van der Waals surface area contributed by atoms with Crippen molar-refractivity contribution in [2.24, 2.45) is 0 Å². The number of carbonyl (C=O) groups is 2. The van der Waals surface area contributed by atoms with Gasteiger partial charge in [-0.25, -0.2) is 0 Å². The summed E-state index contributed by atoms with van der Waals surface area (Å²) in [6, 6.07) is 24.6. The summed E-state index contributed by atoms with van der Waals surface area (Å²) in [4.78, 5) is 28.5. The maximum Gasteiger partial charge on any atom is 0.261 e. The van der Waals surface area contributed by atoms with E-state index in [0.29, 0.717) is 18.7 Å². The second-order valence-corrected chi connectivity index (χ2v) is 9.87. The molecule has 3 rings (SSSR count). The zero-order valence-electron chi connectivity index (χ0n) is 19.8. The summed E-state index contributed by atoms with van der Waals surface area (Å²) in [6.45, 7) is 6.03. The fourth-order valence-corrected chi connectivity index (χ4v) is 4.06. The number of rotatable bonds is 10. The lowest BCUT2D eigenvalue weighted by Crippen LogP contribution is -2.52. The zero-order chi connectivity index (χ0) is 24.5. The molecule has 0 spiro atoms. The molecule has 0 aliphatic rings. The van der Waals surface area contributed by atoms with E-state index in [9.17, 15) is 9.59 Å². The summed E-state index contributed by atoms with van der Waals surface area (Å²) in [7, 11) is 0. The maximum absolute atomic E-state index is 13.5. The number of hydrogen-bond acceptors (Lipinski definition) is 3. The van der Waals surface area contributed by atoms with E-state index in [2.05, 4.69) is 27.9 Å². The van der Waals surface area contributed by atoms with E-state index in [-0.39, 0.29) is 24.5 Å². The molecular formula is C28H31IN2O3. The van der Waals surface area contributed by atoms with Crippen molar-refractivity contribution in [3.8, 4) is 5.75 Å². The van der Waals surface area contributed by atoms with Crippen molar-refractivity contribution in [1.29, 1.82) is 0 Å². The molecule has 3 aromatic carbocycles.